The first-order valence-electron chi connectivity index (χ1n) is 22.6. The number of ether oxygens (including phenoxy) is 3. The Labute approximate surface area is 447 Å². The Kier molecular flexibility index (Phi) is 25.1. The zero-order valence-corrected chi connectivity index (χ0v) is 43.0. The monoisotopic (exact) mass is 1120 g/mol. The van der Waals surface area contributed by atoms with Gasteiger partial charge in [0.05, 0.1) is 20.1 Å². The van der Waals surface area contributed by atoms with Crippen LogP contribution in [0, 0.1) is 11.6 Å². The number of aromatic amines is 1. The number of aromatic nitrogens is 8. The van der Waals surface area contributed by atoms with Crippen LogP contribution in [0.2, 0.25) is 10.0 Å². The number of alkyl halides is 1. The fraction of sp³-hybridized carbons (Fsp3) is 0.319. The van der Waals surface area contributed by atoms with Crippen LogP contribution in [0.4, 0.5) is 8.78 Å². The van der Waals surface area contributed by atoms with Crippen molar-refractivity contribution in [2.45, 2.75) is 64.8 Å². The number of hydrazine groups is 2. The summed E-state index contributed by atoms with van der Waals surface area (Å²) in [6, 6.07) is 21.8. The van der Waals surface area contributed by atoms with E-state index in [4.69, 9.17) is 49.4 Å². The topological polar surface area (TPSA) is 319 Å². The molecule has 0 unspecified atom stereocenters. The second-order valence-electron chi connectivity index (χ2n) is 15.7. The first-order chi connectivity index (χ1) is 36.3. The van der Waals surface area contributed by atoms with E-state index in [2.05, 4.69) is 51.6 Å². The molecule has 2 atom stereocenters. The summed E-state index contributed by atoms with van der Waals surface area (Å²) in [5.74, 6) is -6.08. The molecule has 2 heterocycles. The highest BCUT2D eigenvalue weighted by molar-refractivity contribution is 6.31. The van der Waals surface area contributed by atoms with Crippen LogP contribution in [-0.4, -0.2) is 140 Å². The highest BCUT2D eigenvalue weighted by atomic mass is 35.5. The molecule has 0 saturated heterocycles. The predicted molar refractivity (Wildman–Crippen MR) is 266 cm³/mol. The molecule has 0 aliphatic carbocycles. The molecule has 0 bridgehead atoms. The number of carbonyl (C=O) groups excluding carboxylic acids is 5. The van der Waals surface area contributed by atoms with Crippen molar-refractivity contribution in [2.75, 3.05) is 25.9 Å². The lowest BCUT2D eigenvalue weighted by atomic mass is 10.0. The Morgan fingerprint density at radius 2 is 1.18 bits per heavy atom. The summed E-state index contributed by atoms with van der Waals surface area (Å²) in [6.07, 6.45) is -1.43. The highest BCUT2D eigenvalue weighted by Crippen LogP contribution is 2.28. The van der Waals surface area contributed by atoms with Gasteiger partial charge < -0.3 is 29.5 Å². The molecular weight excluding hydrogens is 1070 g/mol. The molecule has 6 aromatic rings. The fourth-order valence-electron chi connectivity index (χ4n) is 6.21. The molecule has 0 aliphatic rings. The lowest BCUT2D eigenvalue weighted by Gasteiger charge is -2.24. The molecule has 2 amide bonds. The number of H-pyrrole nitrogens is 1. The van der Waals surface area contributed by atoms with Crippen LogP contribution < -0.4 is 10.9 Å². The molecule has 6 rings (SSSR count). The largest absolute Gasteiger partial charge is 0.479 e. The van der Waals surface area contributed by atoms with Crippen molar-refractivity contribution in [3.05, 3.63) is 129 Å². The molecule has 76 heavy (non-hydrogen) atoms. The second kappa shape index (κ2) is 31.3. The first kappa shape index (κ1) is 61.0. The number of carbonyl (C=O) groups is 6. The van der Waals surface area contributed by atoms with Crippen LogP contribution >= 0.6 is 34.8 Å². The van der Waals surface area contributed by atoms with Crippen LogP contribution in [0.25, 0.3) is 22.3 Å². The lowest BCUT2D eigenvalue weighted by Crippen LogP contribution is -2.48. The number of halogens is 5. The number of nitrogens with zero attached hydrogens (tertiary/aromatic N) is 9. The molecule has 4 aromatic carbocycles. The molecule has 0 radical (unpaired) electrons. The van der Waals surface area contributed by atoms with Gasteiger partial charge in [0.1, 0.15) is 11.6 Å². The van der Waals surface area contributed by atoms with E-state index >= 15 is 0 Å². The van der Waals surface area contributed by atoms with Gasteiger partial charge in [-0.1, -0.05) is 97.2 Å². The second-order valence-corrected chi connectivity index (χ2v) is 16.8. The van der Waals surface area contributed by atoms with Gasteiger partial charge >= 0.3 is 35.7 Å². The van der Waals surface area contributed by atoms with E-state index in [0.717, 1.165) is 11.2 Å². The number of carboxylic acid groups (broad SMARTS) is 1. The number of aliphatic hydroxyl groups excluding tert-OH is 2. The molecule has 0 fully saturated rings. The van der Waals surface area contributed by atoms with Crippen LogP contribution in [0.15, 0.2) is 84.9 Å². The normalized spacial score (nSPS) is 11.5. The zero-order valence-electron chi connectivity index (χ0n) is 40.7. The number of carboxylic acids is 1. The van der Waals surface area contributed by atoms with Crippen molar-refractivity contribution >= 4 is 70.5 Å². The smallest absolute Gasteiger partial charge is 0.339 e. The summed E-state index contributed by atoms with van der Waals surface area (Å²) in [5, 5.41) is 55.8. The third-order valence-electron chi connectivity index (χ3n) is 9.80. The van der Waals surface area contributed by atoms with Gasteiger partial charge in [-0.05, 0) is 81.9 Å². The van der Waals surface area contributed by atoms with Crippen molar-refractivity contribution in [1.82, 2.24) is 61.7 Å². The summed E-state index contributed by atoms with van der Waals surface area (Å²) in [5.41, 5.74) is 8.07. The molecule has 0 aliphatic heterocycles. The molecule has 2 aromatic heterocycles. The SMILES string of the molecule is CCCC(=O)OCCl.CCCC(=O)OCOC(=O)[C@H](O)CN(Cc1ccc(-c2cc(Cl)ccc2F)cc1)NC(=O)c1nn[nH]n1.Cn1nnc(C(=O)NN(Cc2ccc(-c3cc(Cl)ccc3F)cc2)C[C@@H](O)C(=O)O)n1. The molecule has 29 heteroatoms. The summed E-state index contributed by atoms with van der Waals surface area (Å²) in [7, 11) is 1.49. The summed E-state index contributed by atoms with van der Waals surface area (Å²) in [4.78, 5) is 70.7. The molecule has 0 saturated carbocycles. The number of tetrazole rings is 2. The third-order valence-corrected chi connectivity index (χ3v) is 10.4. The number of nitrogens with one attached hydrogen (secondary N) is 3. The average molecular weight is 1120 g/mol. The number of aliphatic hydroxyl groups is 2. The number of amides is 2. The van der Waals surface area contributed by atoms with Crippen molar-refractivity contribution in [1.29, 1.82) is 0 Å². The Hall–Kier alpha value is -7.59. The van der Waals surface area contributed by atoms with Crippen molar-refractivity contribution in [3.63, 3.8) is 0 Å². The number of aryl methyl sites for hydroxylation is 1. The molecule has 0 spiro atoms. The summed E-state index contributed by atoms with van der Waals surface area (Å²) < 4.78 is 42.2. The molecule has 6 N–H and O–H groups in total. The van der Waals surface area contributed by atoms with Gasteiger partial charge in [-0.2, -0.15) is 10.0 Å². The van der Waals surface area contributed by atoms with Crippen molar-refractivity contribution in [2.24, 2.45) is 7.05 Å². The van der Waals surface area contributed by atoms with E-state index < -0.39 is 73.4 Å². The van der Waals surface area contributed by atoms with E-state index in [1.54, 1.807) is 55.5 Å². The standard InChI is InChI=1S/C23H24ClFN6O6.C19H18ClFN6O4.C5H9ClO2/c1-2-3-20(33)36-13-37-23(35)19(32)12-31(28-22(34)21-26-29-30-27-21)11-14-4-6-15(7-5-14)17-10-16(24)8-9-18(17)25;1-26-23-17(22-25-26)18(29)24-27(10-16(28)19(30)31)9-11-2-4-12(5-3-11)14-8-13(20)6-7-15(14)21;1-2-3-5(7)8-4-6/h4-10,19,32H,2-3,11-13H2,1H3,(H,28,34)(H,26,27,29,30);2-8,16,28H,9-10H2,1H3,(H,24,29)(H,30,31);2-4H2,1H3/t19-;16-;/m11./s1. The van der Waals surface area contributed by atoms with E-state index in [-0.39, 0.29) is 43.2 Å². The maximum absolute atomic E-state index is 14.2. The van der Waals surface area contributed by atoms with Gasteiger partial charge in [-0.25, -0.2) is 28.4 Å². The number of aliphatic carboxylic acids is 1. The zero-order chi connectivity index (χ0) is 55.7. The fourth-order valence-corrected chi connectivity index (χ4v) is 6.68. The maximum atomic E-state index is 14.2. The third kappa shape index (κ3) is 20.6. The Morgan fingerprint density at radius 3 is 1.62 bits per heavy atom. The molecule has 24 nitrogen and oxygen atoms in total. The number of benzene rings is 4. The summed E-state index contributed by atoms with van der Waals surface area (Å²) >= 11 is 17.0. The minimum atomic E-state index is -1.74. The van der Waals surface area contributed by atoms with Gasteiger partial charge in [0.15, 0.2) is 18.3 Å². The average Bonchev–Trinajstić information content (AvgIpc) is 4.10. The Balaban J connectivity index is 0.000000290. The Morgan fingerprint density at radius 1 is 0.697 bits per heavy atom. The number of hydrogen-bond acceptors (Lipinski definition) is 19. The highest BCUT2D eigenvalue weighted by Gasteiger charge is 2.25. The van der Waals surface area contributed by atoms with E-state index in [0.29, 0.717) is 56.3 Å². The van der Waals surface area contributed by atoms with Gasteiger partial charge in [-0.3, -0.25) is 30.0 Å². The lowest BCUT2D eigenvalue weighted by molar-refractivity contribution is -0.174. The summed E-state index contributed by atoms with van der Waals surface area (Å²) in [6.45, 7) is 2.34. The van der Waals surface area contributed by atoms with Crippen molar-refractivity contribution < 1.29 is 67.1 Å². The van der Waals surface area contributed by atoms with Gasteiger partial charge in [0.2, 0.25) is 6.79 Å². The van der Waals surface area contributed by atoms with E-state index in [1.807, 2.05) is 6.92 Å². The van der Waals surface area contributed by atoms with E-state index in [1.165, 1.54) is 53.5 Å². The number of hydrogen-bond donors (Lipinski definition) is 6. The number of esters is 3. The first-order valence-corrected chi connectivity index (χ1v) is 23.9. The van der Waals surface area contributed by atoms with Crippen molar-refractivity contribution in [3.8, 4) is 22.3 Å². The minimum Gasteiger partial charge on any atom is -0.479 e. The van der Waals surface area contributed by atoms with Gasteiger partial charge in [-0.15, -0.1) is 20.4 Å². The van der Waals surface area contributed by atoms with E-state index in [9.17, 15) is 47.8 Å². The predicted octanol–water partition coefficient (Wildman–Crippen LogP) is 4.80. The van der Waals surface area contributed by atoms with Crippen LogP contribution in [0.3, 0.4) is 0 Å². The van der Waals surface area contributed by atoms with Crippen LogP contribution in [-0.2, 0) is 53.5 Å². The van der Waals surface area contributed by atoms with Crippen LogP contribution in [0.5, 0.6) is 0 Å². The molecular formula is C47H51Cl3F2N12O12. The van der Waals surface area contributed by atoms with Crippen LogP contribution in [0.1, 0.15) is 71.9 Å². The maximum Gasteiger partial charge on any atom is 0.339 e. The quantitative estimate of drug-likeness (QED) is 0.0217. The van der Waals surface area contributed by atoms with Gasteiger partial charge in [0, 0.05) is 47.1 Å². The minimum absolute atomic E-state index is 0.0255. The van der Waals surface area contributed by atoms with Gasteiger partial charge in [0.25, 0.3) is 11.6 Å². The number of rotatable bonds is 23. The molecule has 406 valence electrons. The Bertz CT molecular complexity index is 2850.